The summed E-state index contributed by atoms with van der Waals surface area (Å²) in [6.45, 7) is 6.79. The molecule has 1 aromatic heterocycles. The smallest absolute Gasteiger partial charge is 0.274 e. The quantitative estimate of drug-likeness (QED) is 0.815. The number of ether oxygens (including phenoxy) is 1. The van der Waals surface area contributed by atoms with E-state index in [0.717, 1.165) is 50.8 Å². The molecule has 2 aliphatic rings. The van der Waals surface area contributed by atoms with Crippen molar-refractivity contribution < 1.29 is 9.53 Å². The predicted molar refractivity (Wildman–Crippen MR) is 103 cm³/mol. The fraction of sp³-hybridized carbons (Fsp3) is 0.450. The molecule has 0 aliphatic carbocycles. The van der Waals surface area contributed by atoms with Crippen molar-refractivity contribution in [2.45, 2.75) is 13.0 Å². The summed E-state index contributed by atoms with van der Waals surface area (Å²) in [6.07, 6.45) is 3.40. The van der Waals surface area contributed by atoms with Crippen LogP contribution in [0.2, 0.25) is 0 Å². The Morgan fingerprint density at radius 3 is 2.67 bits per heavy atom. The molecule has 2 saturated heterocycles. The highest BCUT2D eigenvalue weighted by Gasteiger charge is 2.30. The van der Waals surface area contributed by atoms with Crippen molar-refractivity contribution in [1.29, 1.82) is 0 Å². The number of amides is 1. The third-order valence-corrected chi connectivity index (χ3v) is 5.10. The van der Waals surface area contributed by atoms with Crippen molar-refractivity contribution in [1.82, 2.24) is 19.8 Å². The Morgan fingerprint density at radius 1 is 1.15 bits per heavy atom. The van der Waals surface area contributed by atoms with E-state index < -0.39 is 0 Å². The van der Waals surface area contributed by atoms with E-state index in [1.54, 1.807) is 12.4 Å². The monoisotopic (exact) mass is 367 g/mol. The highest BCUT2D eigenvalue weighted by Crippen LogP contribution is 2.23. The van der Waals surface area contributed by atoms with E-state index in [1.807, 2.05) is 23.1 Å². The third-order valence-electron chi connectivity index (χ3n) is 5.10. The number of anilines is 1. The molecule has 0 atom stereocenters. The minimum Gasteiger partial charge on any atom is -0.487 e. The molecule has 1 aromatic carbocycles. The minimum absolute atomic E-state index is 0.0365. The molecular weight excluding hydrogens is 342 g/mol. The van der Waals surface area contributed by atoms with E-state index in [2.05, 4.69) is 39.8 Å². The number of benzene rings is 1. The molecule has 2 aliphatic heterocycles. The summed E-state index contributed by atoms with van der Waals surface area (Å²) in [5.74, 6) is 1.59. The second-order valence-electron chi connectivity index (χ2n) is 7.32. The predicted octanol–water partition coefficient (Wildman–Crippen LogP) is 1.44. The Kier molecular flexibility index (Phi) is 4.94. The lowest BCUT2D eigenvalue weighted by Gasteiger charge is -2.39. The second-order valence-corrected chi connectivity index (χ2v) is 7.32. The molecule has 3 heterocycles. The van der Waals surface area contributed by atoms with Crippen LogP contribution in [0.3, 0.4) is 0 Å². The van der Waals surface area contributed by atoms with Crippen LogP contribution < -0.4 is 9.64 Å². The molecule has 0 saturated carbocycles. The minimum atomic E-state index is -0.0365. The first-order valence-electron chi connectivity index (χ1n) is 9.36. The van der Waals surface area contributed by atoms with Gasteiger partial charge in [-0.05, 0) is 31.7 Å². The molecule has 2 aromatic rings. The number of rotatable bonds is 4. The van der Waals surface area contributed by atoms with Gasteiger partial charge in [0.05, 0.1) is 25.5 Å². The van der Waals surface area contributed by atoms with Gasteiger partial charge in [-0.15, -0.1) is 0 Å². The fourth-order valence-electron chi connectivity index (χ4n) is 3.36. The topological polar surface area (TPSA) is 61.8 Å². The summed E-state index contributed by atoms with van der Waals surface area (Å²) < 4.78 is 6.00. The maximum Gasteiger partial charge on any atom is 0.274 e. The molecule has 0 spiro atoms. The van der Waals surface area contributed by atoms with Crippen LogP contribution in [0.15, 0.2) is 36.7 Å². The Labute approximate surface area is 159 Å². The average Bonchev–Trinajstić information content (AvgIpc) is 2.64. The summed E-state index contributed by atoms with van der Waals surface area (Å²) >= 11 is 0. The van der Waals surface area contributed by atoms with E-state index in [-0.39, 0.29) is 12.0 Å². The van der Waals surface area contributed by atoms with Crippen LogP contribution in [0.25, 0.3) is 0 Å². The van der Waals surface area contributed by atoms with Crippen molar-refractivity contribution in [3.63, 3.8) is 0 Å². The van der Waals surface area contributed by atoms with Gasteiger partial charge in [-0.25, -0.2) is 4.98 Å². The van der Waals surface area contributed by atoms with Gasteiger partial charge in [-0.1, -0.05) is 12.1 Å². The van der Waals surface area contributed by atoms with Gasteiger partial charge in [-0.3, -0.25) is 9.78 Å². The zero-order valence-electron chi connectivity index (χ0n) is 15.8. The second kappa shape index (κ2) is 7.52. The zero-order valence-corrected chi connectivity index (χ0v) is 15.8. The number of hydrogen-bond acceptors (Lipinski definition) is 6. The number of nitrogens with zero attached hydrogens (tertiary/aromatic N) is 5. The SMILES string of the molecule is Cc1cccc(OC2CN(c3cncc(C(=O)N4CCN(C)CC4)n3)C2)c1. The van der Waals surface area contributed by atoms with E-state index in [9.17, 15) is 4.79 Å². The van der Waals surface area contributed by atoms with Crippen molar-refractivity contribution >= 4 is 11.7 Å². The van der Waals surface area contributed by atoms with Crippen molar-refractivity contribution in [2.75, 3.05) is 51.2 Å². The largest absolute Gasteiger partial charge is 0.487 e. The van der Waals surface area contributed by atoms with E-state index in [1.165, 1.54) is 5.56 Å². The van der Waals surface area contributed by atoms with Crippen molar-refractivity contribution in [2.24, 2.45) is 0 Å². The van der Waals surface area contributed by atoms with Crippen LogP contribution in [0, 0.1) is 6.92 Å². The molecule has 2 fully saturated rings. The molecule has 1 amide bonds. The van der Waals surface area contributed by atoms with Crippen LogP contribution in [-0.2, 0) is 0 Å². The van der Waals surface area contributed by atoms with Crippen LogP contribution in [-0.4, -0.2) is 78.1 Å². The van der Waals surface area contributed by atoms with Gasteiger partial charge in [-0.2, -0.15) is 0 Å². The standard InChI is InChI=1S/C20H25N5O2/c1-15-4-3-5-16(10-15)27-17-13-25(14-17)19-12-21-11-18(22-19)20(26)24-8-6-23(2)7-9-24/h3-5,10-12,17H,6-9,13-14H2,1-2H3. The summed E-state index contributed by atoms with van der Waals surface area (Å²) in [5, 5.41) is 0. The zero-order chi connectivity index (χ0) is 18.8. The lowest BCUT2D eigenvalue weighted by Crippen LogP contribution is -2.54. The number of aryl methyl sites for hydroxylation is 1. The van der Waals surface area contributed by atoms with Crippen molar-refractivity contribution in [3.05, 3.63) is 47.9 Å². The van der Waals surface area contributed by atoms with Gasteiger partial charge in [0.25, 0.3) is 5.91 Å². The summed E-state index contributed by atoms with van der Waals surface area (Å²) in [4.78, 5) is 27.6. The summed E-state index contributed by atoms with van der Waals surface area (Å²) in [7, 11) is 2.07. The molecule has 0 radical (unpaired) electrons. The van der Waals surface area contributed by atoms with Crippen LogP contribution in [0.1, 0.15) is 16.1 Å². The Morgan fingerprint density at radius 2 is 1.93 bits per heavy atom. The van der Waals surface area contributed by atoms with E-state index in [0.29, 0.717) is 5.69 Å². The number of carbonyl (C=O) groups is 1. The molecule has 4 rings (SSSR count). The van der Waals surface area contributed by atoms with E-state index >= 15 is 0 Å². The van der Waals surface area contributed by atoms with Gasteiger partial charge < -0.3 is 19.4 Å². The lowest BCUT2D eigenvalue weighted by atomic mass is 10.1. The Balaban J connectivity index is 1.35. The van der Waals surface area contributed by atoms with Crippen molar-refractivity contribution in [3.8, 4) is 5.75 Å². The maximum absolute atomic E-state index is 12.7. The van der Waals surface area contributed by atoms with Gasteiger partial charge >= 0.3 is 0 Å². The molecule has 7 heteroatoms. The number of piperazine rings is 1. The molecule has 27 heavy (non-hydrogen) atoms. The Hall–Kier alpha value is -2.67. The molecule has 7 nitrogen and oxygen atoms in total. The molecule has 0 bridgehead atoms. The molecular formula is C20H25N5O2. The maximum atomic E-state index is 12.7. The first-order valence-corrected chi connectivity index (χ1v) is 9.36. The summed E-state index contributed by atoms with van der Waals surface area (Å²) in [6, 6.07) is 8.07. The molecule has 0 N–H and O–H groups in total. The lowest BCUT2D eigenvalue weighted by molar-refractivity contribution is 0.0657. The van der Waals surface area contributed by atoms with Gasteiger partial charge in [0.2, 0.25) is 0 Å². The fourth-order valence-corrected chi connectivity index (χ4v) is 3.36. The van der Waals surface area contributed by atoms with Gasteiger partial charge in [0.15, 0.2) is 0 Å². The third kappa shape index (κ3) is 4.03. The van der Waals surface area contributed by atoms with Gasteiger partial charge in [0, 0.05) is 26.2 Å². The number of aromatic nitrogens is 2. The summed E-state index contributed by atoms with van der Waals surface area (Å²) in [5.41, 5.74) is 1.60. The van der Waals surface area contributed by atoms with Gasteiger partial charge in [0.1, 0.15) is 23.4 Å². The normalized spacial score (nSPS) is 18.3. The van der Waals surface area contributed by atoms with E-state index in [4.69, 9.17) is 4.74 Å². The number of likely N-dealkylation sites (N-methyl/N-ethyl adjacent to an activating group) is 1. The first-order chi connectivity index (χ1) is 13.1. The number of hydrogen-bond donors (Lipinski definition) is 0. The van der Waals surface area contributed by atoms with Crippen LogP contribution >= 0.6 is 0 Å². The van der Waals surface area contributed by atoms with Crippen LogP contribution in [0.4, 0.5) is 5.82 Å². The highest BCUT2D eigenvalue weighted by atomic mass is 16.5. The average molecular weight is 367 g/mol. The van der Waals surface area contributed by atoms with Crippen LogP contribution in [0.5, 0.6) is 5.75 Å². The Bertz CT molecular complexity index is 814. The first kappa shape index (κ1) is 17.7. The highest BCUT2D eigenvalue weighted by molar-refractivity contribution is 5.92. The number of carbonyl (C=O) groups excluding carboxylic acids is 1. The molecule has 0 unspecified atom stereocenters. The molecule has 142 valence electrons.